The Kier molecular flexibility index (Phi) is 7.50. The van der Waals surface area contributed by atoms with Gasteiger partial charge in [0.05, 0.1) is 16.3 Å². The van der Waals surface area contributed by atoms with Crippen molar-refractivity contribution in [2.75, 3.05) is 11.6 Å². The first-order valence-electron chi connectivity index (χ1n) is 9.36. The highest BCUT2D eigenvalue weighted by Crippen LogP contribution is 2.47. The molecular weight excluding hydrogens is 508 g/mol. The molecule has 0 aromatic heterocycles. The highest BCUT2D eigenvalue weighted by molar-refractivity contribution is 8.00. The van der Waals surface area contributed by atoms with Crippen LogP contribution in [-0.2, 0) is 0 Å². The van der Waals surface area contributed by atoms with E-state index in [-0.39, 0.29) is 21.3 Å². The first-order chi connectivity index (χ1) is 15.5. The Bertz CT molecular complexity index is 1210. The number of carbonyl (C=O) groups excluding carboxylic acids is 2. The number of benzene rings is 2. The van der Waals surface area contributed by atoms with Gasteiger partial charge in [-0.25, -0.2) is 9.18 Å². The van der Waals surface area contributed by atoms with E-state index in [1.807, 2.05) is 0 Å². The zero-order valence-electron chi connectivity index (χ0n) is 17.1. The van der Waals surface area contributed by atoms with E-state index in [1.165, 1.54) is 30.4 Å². The highest BCUT2D eigenvalue weighted by atomic mass is 35.5. The molecule has 0 bridgehead atoms. The zero-order chi connectivity index (χ0) is 24.4. The number of carbonyl (C=O) groups is 2. The lowest BCUT2D eigenvalue weighted by molar-refractivity contribution is 0.102. The van der Waals surface area contributed by atoms with E-state index in [0.717, 1.165) is 11.8 Å². The molecule has 2 atom stereocenters. The van der Waals surface area contributed by atoms with Gasteiger partial charge in [-0.2, -0.15) is 0 Å². The third kappa shape index (κ3) is 4.92. The monoisotopic (exact) mass is 525 g/mol. The molecule has 1 aliphatic rings. The van der Waals surface area contributed by atoms with E-state index < -0.39 is 27.6 Å². The number of hydrogen-bond donors (Lipinski definition) is 4. The number of hydrogen-bond acceptors (Lipinski definition) is 5. The Balaban J connectivity index is 2.09. The second-order valence-electron chi connectivity index (χ2n) is 6.96. The van der Waals surface area contributed by atoms with Crippen molar-refractivity contribution in [1.29, 1.82) is 0 Å². The predicted octanol–water partition coefficient (Wildman–Crippen LogP) is 4.71. The van der Waals surface area contributed by atoms with Gasteiger partial charge in [0.1, 0.15) is 10.8 Å². The molecule has 0 heterocycles. The van der Waals surface area contributed by atoms with Gasteiger partial charge in [0.25, 0.3) is 5.91 Å². The van der Waals surface area contributed by atoms with E-state index in [2.05, 4.69) is 10.6 Å². The largest absolute Gasteiger partial charge is 0.373 e. The summed E-state index contributed by atoms with van der Waals surface area (Å²) in [6, 6.07) is 9.40. The summed E-state index contributed by atoms with van der Waals surface area (Å²) in [6.07, 6.45) is 6.00. The molecule has 5 N–H and O–H groups in total. The third-order valence-electron chi connectivity index (χ3n) is 4.91. The number of halogens is 3. The smallest absolute Gasteiger partial charge is 0.317 e. The lowest BCUT2D eigenvalue weighted by atomic mass is 9.88. The lowest BCUT2D eigenvalue weighted by Crippen LogP contribution is -2.57. The van der Waals surface area contributed by atoms with Crippen LogP contribution >= 0.6 is 47.2 Å². The Labute approximate surface area is 209 Å². The van der Waals surface area contributed by atoms with E-state index in [4.69, 9.17) is 41.2 Å². The minimum Gasteiger partial charge on any atom is -0.373 e. The molecule has 6 nitrogen and oxygen atoms in total. The summed E-state index contributed by atoms with van der Waals surface area (Å²) in [5, 5.41) is 16.2. The average molecular weight is 526 g/mol. The van der Waals surface area contributed by atoms with Crippen LogP contribution in [0.2, 0.25) is 5.02 Å². The predicted molar refractivity (Wildman–Crippen MR) is 135 cm³/mol. The topological polar surface area (TPSA) is 104 Å². The molecule has 1 aliphatic carbocycles. The lowest BCUT2D eigenvalue weighted by Gasteiger charge is -2.40. The van der Waals surface area contributed by atoms with Crippen LogP contribution in [0.25, 0.3) is 5.57 Å². The van der Waals surface area contributed by atoms with Crippen LogP contribution in [0.15, 0.2) is 60.7 Å². The third-order valence-corrected chi connectivity index (χ3v) is 7.54. The highest BCUT2D eigenvalue weighted by Gasteiger charge is 2.51. The molecule has 172 valence electrons. The Morgan fingerprint density at radius 2 is 1.91 bits per heavy atom. The number of allylic oxidation sites excluding steroid dienone is 2. The minimum atomic E-state index is -1.78. The number of aliphatic hydroxyl groups is 1. The van der Waals surface area contributed by atoms with Crippen LogP contribution in [0.3, 0.4) is 0 Å². The summed E-state index contributed by atoms with van der Waals surface area (Å²) in [4.78, 5) is 20.3. The van der Waals surface area contributed by atoms with Crippen molar-refractivity contribution in [3.8, 4) is 0 Å². The van der Waals surface area contributed by atoms with Crippen LogP contribution in [0, 0.1) is 5.82 Å². The maximum absolute atomic E-state index is 14.1. The maximum Gasteiger partial charge on any atom is 0.317 e. The van der Waals surface area contributed by atoms with Gasteiger partial charge in [-0.3, -0.25) is 4.79 Å². The molecule has 0 radical (unpaired) electrons. The fraction of sp³-hybridized carbons (Fsp3) is 0.136. The Morgan fingerprint density at radius 3 is 2.55 bits per heavy atom. The zero-order valence-corrected chi connectivity index (χ0v) is 20.2. The van der Waals surface area contributed by atoms with Gasteiger partial charge in [0.15, 0.2) is 9.81 Å². The number of thioether (sulfide) groups is 1. The van der Waals surface area contributed by atoms with Crippen LogP contribution in [-0.4, -0.2) is 38.1 Å². The van der Waals surface area contributed by atoms with Gasteiger partial charge < -0.3 is 21.5 Å². The summed E-state index contributed by atoms with van der Waals surface area (Å²) in [5.41, 5.74) is 6.06. The van der Waals surface area contributed by atoms with Crippen molar-refractivity contribution in [3.05, 3.63) is 82.7 Å². The van der Waals surface area contributed by atoms with Crippen LogP contribution in [0.5, 0.6) is 0 Å². The quantitative estimate of drug-likeness (QED) is 0.257. The van der Waals surface area contributed by atoms with Crippen molar-refractivity contribution < 1.29 is 19.1 Å². The number of nitrogens with two attached hydrogens (primary N) is 1. The number of anilines is 1. The Morgan fingerprint density at radius 1 is 1.21 bits per heavy atom. The van der Waals surface area contributed by atoms with E-state index in [9.17, 15) is 19.1 Å². The second-order valence-corrected chi connectivity index (χ2v) is 9.40. The van der Waals surface area contributed by atoms with E-state index >= 15 is 0 Å². The van der Waals surface area contributed by atoms with Crippen molar-refractivity contribution in [2.24, 2.45) is 5.73 Å². The molecule has 0 spiro atoms. The number of thiocarbonyl (C=S) groups is 1. The number of amides is 3. The molecule has 0 aliphatic heterocycles. The van der Waals surface area contributed by atoms with Gasteiger partial charge in [-0.15, -0.1) is 23.4 Å². The summed E-state index contributed by atoms with van der Waals surface area (Å²) in [6.45, 7) is 0. The Hall–Kier alpha value is -2.43. The van der Waals surface area contributed by atoms with Crippen molar-refractivity contribution in [3.63, 3.8) is 0 Å². The SMILES string of the molecule is CSC1(O)C=CC(c2c(Cl)cccc2NC(=O)c2ccccc2F)=CC1(Cl)C(=S)NC(N)=O. The molecule has 0 fully saturated rings. The normalized spacial score (nSPS) is 21.8. The summed E-state index contributed by atoms with van der Waals surface area (Å²) < 4.78 is 14.1. The number of nitrogens with one attached hydrogen (secondary N) is 2. The maximum atomic E-state index is 14.1. The van der Waals surface area contributed by atoms with Crippen molar-refractivity contribution in [2.45, 2.75) is 9.81 Å². The van der Waals surface area contributed by atoms with Crippen LogP contribution in [0.1, 0.15) is 15.9 Å². The number of alkyl halides is 1. The van der Waals surface area contributed by atoms with Gasteiger partial charge in [-0.05, 0) is 48.2 Å². The second kappa shape index (κ2) is 9.82. The number of urea groups is 1. The van der Waals surface area contributed by atoms with Gasteiger partial charge >= 0.3 is 6.03 Å². The molecule has 3 amide bonds. The van der Waals surface area contributed by atoms with E-state index in [0.29, 0.717) is 11.1 Å². The molecular formula is C22H18Cl2FN3O3S2. The molecule has 11 heteroatoms. The molecule has 2 aromatic carbocycles. The molecule has 33 heavy (non-hydrogen) atoms. The van der Waals surface area contributed by atoms with E-state index in [1.54, 1.807) is 36.6 Å². The van der Waals surface area contributed by atoms with Gasteiger partial charge in [0, 0.05) is 5.56 Å². The molecule has 0 saturated heterocycles. The first-order valence-corrected chi connectivity index (χ1v) is 11.8. The molecule has 2 aromatic rings. The minimum absolute atomic E-state index is 0.146. The van der Waals surface area contributed by atoms with Crippen molar-refractivity contribution in [1.82, 2.24) is 5.32 Å². The average Bonchev–Trinajstić information content (AvgIpc) is 2.76. The molecule has 3 rings (SSSR count). The standard InChI is InChI=1S/C22H18Cl2FN3O3S2/c1-33-22(31)10-9-12(11-21(22,24)19(32)28-20(26)30)17-14(23)6-4-8-16(17)27-18(29)13-5-2-3-7-15(13)25/h2-11,31H,1H3,(H,27,29)(H3,26,28,30,32). The van der Waals surface area contributed by atoms with Crippen LogP contribution < -0.4 is 16.4 Å². The summed E-state index contributed by atoms with van der Waals surface area (Å²) in [5.74, 6) is -1.36. The molecule has 2 unspecified atom stereocenters. The van der Waals surface area contributed by atoms with Crippen molar-refractivity contribution >= 4 is 75.4 Å². The van der Waals surface area contributed by atoms with Gasteiger partial charge in [0.2, 0.25) is 0 Å². The fourth-order valence-corrected chi connectivity index (χ4v) is 5.03. The molecule has 0 saturated carbocycles. The van der Waals surface area contributed by atoms with Crippen LogP contribution in [0.4, 0.5) is 14.9 Å². The number of primary amides is 1. The summed E-state index contributed by atoms with van der Waals surface area (Å²) in [7, 11) is 0. The fourth-order valence-electron chi connectivity index (χ4n) is 3.25. The summed E-state index contributed by atoms with van der Waals surface area (Å²) >= 11 is 19.5. The first kappa shape index (κ1) is 25.2. The van der Waals surface area contributed by atoms with Gasteiger partial charge in [-0.1, -0.05) is 48.1 Å². The number of rotatable bonds is 5.